The standard InChI is InChI=1S/C20H28N4O8/c21-19(22)23-6-7-28-14-10-30-17-15(11-31-16(14)17)29-9-13(18(25)26)24-20(27)32-8-12-4-2-1-3-5-12/h1-5,13-17H,6-11H2,(H,24,27)(H,25,26)(H4,21,22,23)/p+1/t13-,14+,15-,16+,17+/m0/s1. The molecule has 0 unspecified atom stereocenters. The maximum atomic E-state index is 12.0. The van der Waals surface area contributed by atoms with Gasteiger partial charge in [0, 0.05) is 0 Å². The molecule has 3 rings (SSSR count). The molecule has 2 saturated heterocycles. The molecule has 5 atom stereocenters. The maximum Gasteiger partial charge on any atom is 0.408 e. The number of nitrogens with one attached hydrogen (secondary N) is 2. The highest BCUT2D eigenvalue weighted by Gasteiger charge is 2.49. The number of guanidine groups is 1. The Morgan fingerprint density at radius 3 is 2.41 bits per heavy atom. The van der Waals surface area contributed by atoms with E-state index in [1.54, 1.807) is 12.1 Å². The van der Waals surface area contributed by atoms with E-state index in [0.29, 0.717) is 19.8 Å². The Morgan fingerprint density at radius 1 is 1.12 bits per heavy atom. The quantitative estimate of drug-likeness (QED) is 0.134. The van der Waals surface area contributed by atoms with Crippen molar-refractivity contribution in [3.8, 4) is 0 Å². The lowest BCUT2D eigenvalue weighted by molar-refractivity contribution is -0.464. The molecule has 12 nitrogen and oxygen atoms in total. The highest BCUT2D eigenvalue weighted by atomic mass is 16.6. The Kier molecular flexibility index (Phi) is 8.62. The van der Waals surface area contributed by atoms with Gasteiger partial charge in [0.15, 0.2) is 6.04 Å². The fraction of sp³-hybridized carbons (Fsp3) is 0.550. The van der Waals surface area contributed by atoms with Crippen LogP contribution in [0.1, 0.15) is 5.56 Å². The van der Waals surface area contributed by atoms with E-state index >= 15 is 0 Å². The highest BCUT2D eigenvalue weighted by molar-refractivity contribution is 5.80. The Hall–Kier alpha value is -2.93. The molecule has 0 aliphatic carbocycles. The number of hydrogen-bond donors (Lipinski definition) is 5. The first-order chi connectivity index (χ1) is 15.4. The van der Waals surface area contributed by atoms with Gasteiger partial charge in [-0.1, -0.05) is 30.3 Å². The molecule has 7 N–H and O–H groups in total. The molecule has 12 heteroatoms. The minimum Gasteiger partial charge on any atom is -0.480 e. The number of ether oxygens (including phenoxy) is 5. The van der Waals surface area contributed by atoms with Crippen molar-refractivity contribution in [3.63, 3.8) is 0 Å². The smallest absolute Gasteiger partial charge is 0.408 e. The predicted molar refractivity (Wildman–Crippen MR) is 109 cm³/mol. The zero-order valence-electron chi connectivity index (χ0n) is 17.5. The summed E-state index contributed by atoms with van der Waals surface area (Å²) in [6.07, 6.45) is -2.33. The molecule has 2 heterocycles. The molecule has 2 aliphatic heterocycles. The van der Waals surface area contributed by atoms with Crippen molar-refractivity contribution >= 4 is 18.0 Å². The van der Waals surface area contributed by atoms with E-state index in [4.69, 9.17) is 35.2 Å². The Balaban J connectivity index is 1.41. The van der Waals surface area contributed by atoms with Gasteiger partial charge in [-0.15, -0.1) is 0 Å². The van der Waals surface area contributed by atoms with Crippen molar-refractivity contribution in [2.45, 2.75) is 37.1 Å². The summed E-state index contributed by atoms with van der Waals surface area (Å²) in [7, 11) is 0. The molecule has 2 fully saturated rings. The first kappa shape index (κ1) is 23.7. The fourth-order valence-corrected chi connectivity index (χ4v) is 3.42. The van der Waals surface area contributed by atoms with Gasteiger partial charge in [-0.25, -0.2) is 9.59 Å². The van der Waals surface area contributed by atoms with Crippen molar-refractivity contribution in [2.24, 2.45) is 11.5 Å². The van der Waals surface area contributed by atoms with E-state index in [9.17, 15) is 14.7 Å². The second kappa shape index (κ2) is 11.6. The predicted octanol–water partition coefficient (Wildman–Crippen LogP) is -2.71. The van der Waals surface area contributed by atoms with Gasteiger partial charge >= 0.3 is 18.0 Å². The summed E-state index contributed by atoms with van der Waals surface area (Å²) in [6.45, 7) is 1.12. The summed E-state index contributed by atoms with van der Waals surface area (Å²) in [5, 5.41) is 11.7. The van der Waals surface area contributed by atoms with Crippen LogP contribution in [-0.2, 0) is 35.1 Å². The van der Waals surface area contributed by atoms with Crippen molar-refractivity contribution in [3.05, 3.63) is 35.9 Å². The number of aliphatic carboxylic acids is 1. The van der Waals surface area contributed by atoms with E-state index in [0.717, 1.165) is 5.56 Å². The maximum absolute atomic E-state index is 12.0. The van der Waals surface area contributed by atoms with Gasteiger partial charge in [0.2, 0.25) is 0 Å². The second-order valence-electron chi connectivity index (χ2n) is 7.36. The average Bonchev–Trinajstić information content (AvgIpc) is 3.36. The number of hydrogen-bond acceptors (Lipinski definition) is 7. The van der Waals surface area contributed by atoms with E-state index in [-0.39, 0.29) is 38.0 Å². The number of carboxylic acids is 1. The molecule has 1 aromatic rings. The average molecular weight is 453 g/mol. The first-order valence-corrected chi connectivity index (χ1v) is 10.2. The van der Waals surface area contributed by atoms with Crippen molar-refractivity contribution in [1.82, 2.24) is 5.32 Å². The van der Waals surface area contributed by atoms with Gasteiger partial charge < -0.3 is 34.1 Å². The monoisotopic (exact) mass is 453 g/mol. The van der Waals surface area contributed by atoms with Gasteiger partial charge in [0.1, 0.15) is 31.0 Å². The lowest BCUT2D eigenvalue weighted by atomic mass is 10.1. The number of nitrogens with two attached hydrogens (primary N) is 2. The summed E-state index contributed by atoms with van der Waals surface area (Å²) >= 11 is 0. The third kappa shape index (κ3) is 6.79. The Morgan fingerprint density at radius 2 is 1.78 bits per heavy atom. The van der Waals surface area contributed by atoms with Gasteiger partial charge in [0.25, 0.3) is 0 Å². The Labute approximate surface area is 184 Å². The topological polar surface area (TPSA) is 179 Å². The van der Waals surface area contributed by atoms with E-state index in [2.05, 4.69) is 10.3 Å². The summed E-state index contributed by atoms with van der Waals surface area (Å²) in [5.41, 5.74) is 11.4. The number of amides is 1. The number of benzene rings is 1. The normalized spacial score (nSPS) is 25.0. The second-order valence-corrected chi connectivity index (χ2v) is 7.36. The summed E-state index contributed by atoms with van der Waals surface area (Å²) < 4.78 is 28.0. The molecule has 0 bridgehead atoms. The van der Waals surface area contributed by atoms with Gasteiger partial charge in [-0.3, -0.25) is 16.5 Å². The van der Waals surface area contributed by atoms with Crippen LogP contribution in [0.15, 0.2) is 30.3 Å². The molecule has 1 aromatic carbocycles. The summed E-state index contributed by atoms with van der Waals surface area (Å²) in [6, 6.07) is 7.78. The van der Waals surface area contributed by atoms with Crippen molar-refractivity contribution < 1.29 is 43.4 Å². The fourth-order valence-electron chi connectivity index (χ4n) is 3.42. The Bertz CT molecular complexity index is 789. The summed E-state index contributed by atoms with van der Waals surface area (Å²) in [5.74, 6) is -1.13. The summed E-state index contributed by atoms with van der Waals surface area (Å²) in [4.78, 5) is 26.3. The zero-order chi connectivity index (χ0) is 22.9. The largest absolute Gasteiger partial charge is 0.480 e. The minimum absolute atomic E-state index is 0.0285. The van der Waals surface area contributed by atoms with Crippen molar-refractivity contribution in [2.75, 3.05) is 33.0 Å². The minimum atomic E-state index is -1.28. The first-order valence-electron chi connectivity index (χ1n) is 10.2. The van der Waals surface area contributed by atoms with Crippen LogP contribution in [-0.4, -0.2) is 86.6 Å². The van der Waals surface area contributed by atoms with Crippen LogP contribution in [0.4, 0.5) is 4.79 Å². The molecular weight excluding hydrogens is 424 g/mol. The van der Waals surface area contributed by atoms with Crippen LogP contribution in [0.3, 0.4) is 0 Å². The molecule has 0 radical (unpaired) electrons. The number of carbonyl (C=O) groups is 2. The third-order valence-corrected chi connectivity index (χ3v) is 5.01. The molecule has 0 saturated carbocycles. The lowest BCUT2D eigenvalue weighted by Crippen LogP contribution is -2.79. The number of alkyl carbamates (subject to hydrolysis) is 1. The van der Waals surface area contributed by atoms with Crippen LogP contribution in [0.2, 0.25) is 0 Å². The van der Waals surface area contributed by atoms with Gasteiger partial charge in [0.05, 0.1) is 33.0 Å². The molecule has 2 aliphatic rings. The van der Waals surface area contributed by atoms with Gasteiger partial charge in [-0.2, -0.15) is 0 Å². The number of fused-ring (bicyclic) bond motifs is 1. The number of rotatable bonds is 11. The van der Waals surface area contributed by atoms with Crippen LogP contribution < -0.4 is 21.8 Å². The lowest BCUT2D eigenvalue weighted by Gasteiger charge is -2.20. The SMILES string of the molecule is NC(N)=[NH+]CCO[C@@H]1CO[C@H]2[C@@H]1OC[C@@H]2OC[C@H](NC(=O)OCc1ccccc1)C(=O)O. The molecule has 176 valence electrons. The van der Waals surface area contributed by atoms with E-state index < -0.39 is 30.3 Å². The molecule has 0 aromatic heterocycles. The van der Waals surface area contributed by atoms with Gasteiger partial charge in [-0.05, 0) is 5.56 Å². The molecule has 1 amide bonds. The highest BCUT2D eigenvalue weighted by Crippen LogP contribution is 2.30. The number of carbonyl (C=O) groups excluding carboxylic acids is 1. The zero-order valence-corrected chi connectivity index (χ0v) is 17.5. The van der Waals surface area contributed by atoms with Crippen LogP contribution in [0.5, 0.6) is 0 Å². The van der Waals surface area contributed by atoms with Crippen LogP contribution in [0.25, 0.3) is 0 Å². The molecular formula is C20H29N4O8+. The molecule has 0 spiro atoms. The van der Waals surface area contributed by atoms with Crippen molar-refractivity contribution in [1.29, 1.82) is 0 Å². The number of carboxylic acid groups (broad SMARTS) is 1. The van der Waals surface area contributed by atoms with E-state index in [1.165, 1.54) is 0 Å². The molecule has 32 heavy (non-hydrogen) atoms. The van der Waals surface area contributed by atoms with Crippen LogP contribution >= 0.6 is 0 Å². The third-order valence-electron chi connectivity index (χ3n) is 5.01. The van der Waals surface area contributed by atoms with Crippen LogP contribution in [0, 0.1) is 0 Å². The van der Waals surface area contributed by atoms with E-state index in [1.807, 2.05) is 18.2 Å².